The average Bonchev–Trinajstić information content (AvgIpc) is 2.82. The van der Waals surface area contributed by atoms with Crippen molar-refractivity contribution in [1.82, 2.24) is 0 Å². The van der Waals surface area contributed by atoms with Crippen molar-refractivity contribution in [3.8, 4) is 0 Å². The third-order valence-electron chi connectivity index (χ3n) is 4.55. The third kappa shape index (κ3) is 2.73. The van der Waals surface area contributed by atoms with E-state index >= 15 is 0 Å². The van der Waals surface area contributed by atoms with Crippen molar-refractivity contribution in [2.45, 2.75) is 33.1 Å². The lowest BCUT2D eigenvalue weighted by molar-refractivity contribution is 0.0316. The zero-order valence-electron chi connectivity index (χ0n) is 10.1. The Bertz CT molecular complexity index is 181. The van der Waals surface area contributed by atoms with Gasteiger partial charge in [0.05, 0.1) is 0 Å². The summed E-state index contributed by atoms with van der Waals surface area (Å²) in [4.78, 5) is 0. The summed E-state index contributed by atoms with van der Waals surface area (Å²) in [6.07, 6.45) is 3.80. The highest BCUT2D eigenvalue weighted by Crippen LogP contribution is 2.35. The first-order valence-corrected chi connectivity index (χ1v) is 6.44. The molecule has 0 radical (unpaired) electrons. The van der Waals surface area contributed by atoms with Crippen molar-refractivity contribution in [2.75, 3.05) is 26.4 Å². The molecule has 0 saturated carbocycles. The zero-order chi connectivity index (χ0) is 10.7. The normalized spacial score (nSPS) is 32.8. The minimum atomic E-state index is 0.808. The molecule has 2 aliphatic heterocycles. The lowest BCUT2D eigenvalue weighted by atomic mass is 9.74. The van der Waals surface area contributed by atoms with Gasteiger partial charge < -0.3 is 9.47 Å². The SMILES string of the molecule is CC(C1CCOCC1)C(C)C1CCOC1. The molecule has 2 heteroatoms. The lowest BCUT2D eigenvalue weighted by Crippen LogP contribution is -2.29. The average molecular weight is 212 g/mol. The van der Waals surface area contributed by atoms with E-state index in [2.05, 4.69) is 13.8 Å². The number of rotatable bonds is 3. The van der Waals surface area contributed by atoms with Gasteiger partial charge in [0.25, 0.3) is 0 Å². The van der Waals surface area contributed by atoms with E-state index in [1.807, 2.05) is 0 Å². The summed E-state index contributed by atoms with van der Waals surface area (Å²) in [5.41, 5.74) is 0. The van der Waals surface area contributed by atoms with Crippen LogP contribution in [0, 0.1) is 23.7 Å². The molecule has 2 heterocycles. The molecule has 0 aromatic heterocycles. The molecule has 0 spiro atoms. The van der Waals surface area contributed by atoms with Crippen LogP contribution in [0.5, 0.6) is 0 Å². The number of ether oxygens (including phenoxy) is 2. The molecular weight excluding hydrogens is 188 g/mol. The molecule has 2 saturated heterocycles. The van der Waals surface area contributed by atoms with Gasteiger partial charge in [-0.1, -0.05) is 13.8 Å². The van der Waals surface area contributed by atoms with E-state index in [9.17, 15) is 0 Å². The fourth-order valence-corrected chi connectivity index (χ4v) is 3.07. The van der Waals surface area contributed by atoms with Crippen molar-refractivity contribution in [2.24, 2.45) is 23.7 Å². The summed E-state index contributed by atoms with van der Waals surface area (Å²) in [6, 6.07) is 0. The van der Waals surface area contributed by atoms with Crippen LogP contribution in [-0.4, -0.2) is 26.4 Å². The van der Waals surface area contributed by atoms with Crippen molar-refractivity contribution in [3.05, 3.63) is 0 Å². The molecule has 2 nitrogen and oxygen atoms in total. The van der Waals surface area contributed by atoms with Crippen LogP contribution >= 0.6 is 0 Å². The topological polar surface area (TPSA) is 18.5 Å². The molecule has 15 heavy (non-hydrogen) atoms. The summed E-state index contributed by atoms with van der Waals surface area (Å²) in [5, 5.41) is 0. The zero-order valence-corrected chi connectivity index (χ0v) is 10.1. The van der Waals surface area contributed by atoms with Crippen molar-refractivity contribution < 1.29 is 9.47 Å². The van der Waals surface area contributed by atoms with Gasteiger partial charge in [-0.25, -0.2) is 0 Å². The predicted molar refractivity (Wildman–Crippen MR) is 60.8 cm³/mol. The Morgan fingerprint density at radius 2 is 1.33 bits per heavy atom. The molecule has 3 atom stereocenters. The Hall–Kier alpha value is -0.0800. The summed E-state index contributed by atoms with van der Waals surface area (Å²) >= 11 is 0. The van der Waals surface area contributed by atoms with Gasteiger partial charge in [-0.15, -0.1) is 0 Å². The molecule has 0 bridgehead atoms. The molecular formula is C13H24O2. The van der Waals surface area contributed by atoms with E-state index in [1.165, 1.54) is 19.3 Å². The lowest BCUT2D eigenvalue weighted by Gasteiger charge is -2.34. The summed E-state index contributed by atoms with van der Waals surface area (Å²) in [5.74, 6) is 3.34. The van der Waals surface area contributed by atoms with Crippen LogP contribution in [0.1, 0.15) is 33.1 Å². The molecule has 0 aromatic carbocycles. The maximum atomic E-state index is 5.49. The molecule has 2 fully saturated rings. The van der Waals surface area contributed by atoms with E-state index in [-0.39, 0.29) is 0 Å². The highest BCUT2D eigenvalue weighted by atomic mass is 16.5. The smallest absolute Gasteiger partial charge is 0.0497 e. The fourth-order valence-electron chi connectivity index (χ4n) is 3.07. The van der Waals surface area contributed by atoms with E-state index in [0.717, 1.165) is 50.1 Å². The molecule has 0 N–H and O–H groups in total. The van der Waals surface area contributed by atoms with Gasteiger partial charge in [0.15, 0.2) is 0 Å². The maximum Gasteiger partial charge on any atom is 0.0497 e. The van der Waals surface area contributed by atoms with Crippen LogP contribution in [0.4, 0.5) is 0 Å². The molecule has 2 aliphatic rings. The summed E-state index contributed by atoms with van der Waals surface area (Å²) in [6.45, 7) is 8.77. The first-order chi connectivity index (χ1) is 7.29. The van der Waals surface area contributed by atoms with Gasteiger partial charge in [0.2, 0.25) is 0 Å². The maximum absolute atomic E-state index is 5.49. The Morgan fingerprint density at radius 1 is 0.800 bits per heavy atom. The van der Waals surface area contributed by atoms with E-state index in [1.54, 1.807) is 0 Å². The van der Waals surface area contributed by atoms with Gasteiger partial charge in [0, 0.05) is 26.4 Å². The van der Waals surface area contributed by atoms with Gasteiger partial charge >= 0.3 is 0 Å². The third-order valence-corrected chi connectivity index (χ3v) is 4.55. The minimum absolute atomic E-state index is 0.808. The molecule has 2 rings (SSSR count). The first kappa shape index (κ1) is 11.4. The molecule has 0 amide bonds. The van der Waals surface area contributed by atoms with Crippen LogP contribution < -0.4 is 0 Å². The largest absolute Gasteiger partial charge is 0.381 e. The van der Waals surface area contributed by atoms with Crippen LogP contribution in [0.2, 0.25) is 0 Å². The van der Waals surface area contributed by atoms with Crippen LogP contribution in [0.25, 0.3) is 0 Å². The van der Waals surface area contributed by atoms with Crippen LogP contribution in [-0.2, 0) is 9.47 Å². The summed E-state index contributed by atoms with van der Waals surface area (Å²) < 4.78 is 10.9. The van der Waals surface area contributed by atoms with Crippen molar-refractivity contribution >= 4 is 0 Å². The van der Waals surface area contributed by atoms with Gasteiger partial charge in [-0.2, -0.15) is 0 Å². The number of hydrogen-bond donors (Lipinski definition) is 0. The van der Waals surface area contributed by atoms with Crippen molar-refractivity contribution in [1.29, 1.82) is 0 Å². The van der Waals surface area contributed by atoms with E-state index in [0.29, 0.717) is 0 Å². The van der Waals surface area contributed by atoms with Gasteiger partial charge in [0.1, 0.15) is 0 Å². The van der Waals surface area contributed by atoms with Gasteiger partial charge in [-0.3, -0.25) is 0 Å². The molecule has 3 unspecified atom stereocenters. The molecule has 0 aliphatic carbocycles. The second-order valence-corrected chi connectivity index (χ2v) is 5.29. The number of hydrogen-bond acceptors (Lipinski definition) is 2. The van der Waals surface area contributed by atoms with E-state index in [4.69, 9.17) is 9.47 Å². The van der Waals surface area contributed by atoms with E-state index < -0.39 is 0 Å². The Morgan fingerprint density at radius 3 is 1.93 bits per heavy atom. The predicted octanol–water partition coefficient (Wildman–Crippen LogP) is 2.72. The van der Waals surface area contributed by atoms with Gasteiger partial charge in [-0.05, 0) is 42.9 Å². The Labute approximate surface area is 93.3 Å². The second kappa shape index (κ2) is 5.31. The Kier molecular flexibility index (Phi) is 4.04. The standard InChI is InChI=1S/C13H24O2/c1-10(12-3-6-14-7-4-12)11(2)13-5-8-15-9-13/h10-13H,3-9H2,1-2H3. The minimum Gasteiger partial charge on any atom is -0.381 e. The molecule has 88 valence electrons. The quantitative estimate of drug-likeness (QED) is 0.716. The highest BCUT2D eigenvalue weighted by molar-refractivity contribution is 4.80. The first-order valence-electron chi connectivity index (χ1n) is 6.44. The van der Waals surface area contributed by atoms with Crippen LogP contribution in [0.3, 0.4) is 0 Å². The monoisotopic (exact) mass is 212 g/mol. The second-order valence-electron chi connectivity index (χ2n) is 5.29. The fraction of sp³-hybridized carbons (Fsp3) is 1.00. The Balaban J connectivity index is 1.84. The molecule has 0 aromatic rings. The highest BCUT2D eigenvalue weighted by Gasteiger charge is 2.31. The van der Waals surface area contributed by atoms with Crippen LogP contribution in [0.15, 0.2) is 0 Å². The summed E-state index contributed by atoms with van der Waals surface area (Å²) in [7, 11) is 0. The van der Waals surface area contributed by atoms with Crippen molar-refractivity contribution in [3.63, 3.8) is 0 Å².